The van der Waals surface area contributed by atoms with Gasteiger partial charge in [-0.05, 0) is 57.5 Å². The molecule has 136 valence electrons. The van der Waals surface area contributed by atoms with Crippen LogP contribution in [0.5, 0.6) is 0 Å². The van der Waals surface area contributed by atoms with Gasteiger partial charge in [-0.1, -0.05) is 23.4 Å². The number of benzene rings is 1. The smallest absolute Gasteiger partial charge is 0.263 e. The molecule has 0 aliphatic rings. The van der Waals surface area contributed by atoms with Crippen LogP contribution in [-0.2, 0) is 0 Å². The number of halogens is 1. The van der Waals surface area contributed by atoms with E-state index in [-0.39, 0.29) is 23.1 Å². The van der Waals surface area contributed by atoms with Gasteiger partial charge >= 0.3 is 0 Å². The summed E-state index contributed by atoms with van der Waals surface area (Å²) in [6.07, 6.45) is 0. The van der Waals surface area contributed by atoms with Gasteiger partial charge in [0.1, 0.15) is 4.83 Å². The van der Waals surface area contributed by atoms with E-state index >= 15 is 0 Å². The molecule has 0 N–H and O–H groups in total. The predicted molar refractivity (Wildman–Crippen MR) is 110 cm³/mol. The van der Waals surface area contributed by atoms with Gasteiger partial charge in [-0.3, -0.25) is 14.2 Å². The van der Waals surface area contributed by atoms with E-state index in [9.17, 15) is 9.59 Å². The van der Waals surface area contributed by atoms with Crippen LogP contribution in [0.4, 0.5) is 0 Å². The molecule has 3 aromatic rings. The summed E-state index contributed by atoms with van der Waals surface area (Å²) in [5, 5.41) is 1.87. The molecule has 3 rings (SSSR count). The third-order valence-electron chi connectivity index (χ3n) is 4.22. The van der Waals surface area contributed by atoms with E-state index in [4.69, 9.17) is 11.6 Å². The Balaban J connectivity index is 1.96. The molecular formula is C19H19ClN2O2S2. The van der Waals surface area contributed by atoms with Gasteiger partial charge in [-0.2, -0.15) is 0 Å². The van der Waals surface area contributed by atoms with Crippen molar-refractivity contribution >= 4 is 50.7 Å². The Labute approximate surface area is 165 Å². The number of carbonyl (C=O) groups is 1. The number of carbonyl (C=O) groups excluding carboxylic acids is 1. The first kappa shape index (κ1) is 19.1. The normalized spacial score (nSPS) is 11.5. The van der Waals surface area contributed by atoms with Crippen molar-refractivity contribution in [1.82, 2.24) is 9.55 Å². The van der Waals surface area contributed by atoms with Crippen LogP contribution in [-0.4, -0.2) is 21.1 Å². The summed E-state index contributed by atoms with van der Waals surface area (Å²) in [5.74, 6) is 0.199. The number of rotatable bonds is 5. The fourth-order valence-electron chi connectivity index (χ4n) is 2.69. The largest absolute Gasteiger partial charge is 0.293 e. The molecule has 26 heavy (non-hydrogen) atoms. The lowest BCUT2D eigenvalue weighted by Gasteiger charge is -2.15. The minimum atomic E-state index is -0.0351. The second kappa shape index (κ2) is 7.55. The zero-order valence-corrected chi connectivity index (χ0v) is 17.4. The van der Waals surface area contributed by atoms with E-state index in [0.717, 1.165) is 15.3 Å². The highest BCUT2D eigenvalue weighted by molar-refractivity contribution is 7.99. The molecule has 7 heteroatoms. The lowest BCUT2D eigenvalue weighted by molar-refractivity contribution is 0.102. The van der Waals surface area contributed by atoms with Gasteiger partial charge in [0.15, 0.2) is 10.9 Å². The molecule has 0 aliphatic heterocycles. The van der Waals surface area contributed by atoms with Crippen molar-refractivity contribution in [1.29, 1.82) is 0 Å². The first-order valence-corrected chi connectivity index (χ1v) is 10.4. The number of thioether (sulfide) groups is 1. The third-order valence-corrected chi connectivity index (χ3v) is 6.52. The molecule has 0 atom stereocenters. The van der Waals surface area contributed by atoms with Gasteiger partial charge in [-0.15, -0.1) is 11.3 Å². The molecule has 0 spiro atoms. The molecule has 0 bridgehead atoms. The van der Waals surface area contributed by atoms with E-state index in [1.807, 2.05) is 27.7 Å². The number of Topliss-reactive ketones (excluding diaryl/α,β-unsaturated/α-hetero) is 1. The van der Waals surface area contributed by atoms with Crippen LogP contribution >= 0.6 is 34.7 Å². The topological polar surface area (TPSA) is 52.0 Å². The molecule has 0 saturated heterocycles. The molecule has 1 aromatic carbocycles. The number of ketones is 1. The molecule has 0 aliphatic carbocycles. The van der Waals surface area contributed by atoms with Crippen LogP contribution in [0.15, 0.2) is 34.2 Å². The summed E-state index contributed by atoms with van der Waals surface area (Å²) in [7, 11) is 0. The van der Waals surface area contributed by atoms with Crippen molar-refractivity contribution in [2.24, 2.45) is 0 Å². The van der Waals surface area contributed by atoms with Crippen LogP contribution in [0.1, 0.15) is 40.7 Å². The lowest BCUT2D eigenvalue weighted by atomic mass is 10.1. The van der Waals surface area contributed by atoms with Gasteiger partial charge in [0.2, 0.25) is 0 Å². The highest BCUT2D eigenvalue weighted by Gasteiger charge is 2.19. The van der Waals surface area contributed by atoms with E-state index in [1.165, 1.54) is 23.1 Å². The fraction of sp³-hybridized carbons (Fsp3) is 0.316. The van der Waals surface area contributed by atoms with E-state index < -0.39 is 0 Å². The van der Waals surface area contributed by atoms with Gasteiger partial charge in [0.05, 0.1) is 11.1 Å². The Morgan fingerprint density at radius 2 is 1.92 bits per heavy atom. The zero-order chi connectivity index (χ0) is 19.0. The van der Waals surface area contributed by atoms with Crippen molar-refractivity contribution in [2.75, 3.05) is 5.75 Å². The first-order chi connectivity index (χ1) is 12.3. The van der Waals surface area contributed by atoms with Crippen LogP contribution in [0, 0.1) is 13.8 Å². The lowest BCUT2D eigenvalue weighted by Crippen LogP contribution is -2.25. The summed E-state index contributed by atoms with van der Waals surface area (Å²) in [5.41, 5.74) is 1.56. The van der Waals surface area contributed by atoms with Crippen LogP contribution < -0.4 is 5.56 Å². The molecule has 0 unspecified atom stereocenters. The monoisotopic (exact) mass is 406 g/mol. The number of fused-ring (bicyclic) bond motifs is 1. The summed E-state index contributed by atoms with van der Waals surface area (Å²) in [6.45, 7) is 7.86. The second-order valence-corrected chi connectivity index (χ2v) is 8.93. The first-order valence-electron chi connectivity index (χ1n) is 8.23. The standard InChI is InChI=1S/C19H19ClN2O2S2/c1-10(2)22-18(24)16-11(3)12(4)26-17(16)21-19(22)25-9-15(23)13-5-7-14(20)8-6-13/h5-8,10H,9H2,1-4H3. The van der Waals surface area contributed by atoms with E-state index in [2.05, 4.69) is 4.98 Å². The number of hydrogen-bond acceptors (Lipinski definition) is 5. The van der Waals surface area contributed by atoms with E-state index in [0.29, 0.717) is 21.1 Å². The summed E-state index contributed by atoms with van der Waals surface area (Å²) in [4.78, 5) is 32.0. The highest BCUT2D eigenvalue weighted by Crippen LogP contribution is 2.29. The molecular weight excluding hydrogens is 388 g/mol. The minimum Gasteiger partial charge on any atom is -0.293 e. The summed E-state index contributed by atoms with van der Waals surface area (Å²) < 4.78 is 1.68. The van der Waals surface area contributed by atoms with Gasteiger partial charge < -0.3 is 0 Å². The highest BCUT2D eigenvalue weighted by atomic mass is 35.5. The molecule has 0 fully saturated rings. The van der Waals surface area contributed by atoms with Gasteiger partial charge in [0.25, 0.3) is 5.56 Å². The van der Waals surface area contributed by atoms with Crippen LogP contribution in [0.25, 0.3) is 10.2 Å². The van der Waals surface area contributed by atoms with Crippen LogP contribution in [0.3, 0.4) is 0 Å². The van der Waals surface area contributed by atoms with Crippen LogP contribution in [0.2, 0.25) is 5.02 Å². The fourth-order valence-corrected chi connectivity index (χ4v) is 4.91. The zero-order valence-electron chi connectivity index (χ0n) is 15.0. The maximum absolute atomic E-state index is 13.0. The average molecular weight is 407 g/mol. The number of hydrogen-bond donors (Lipinski definition) is 0. The van der Waals surface area contributed by atoms with Crippen molar-refractivity contribution in [3.8, 4) is 0 Å². The Morgan fingerprint density at radius 1 is 1.27 bits per heavy atom. The van der Waals surface area contributed by atoms with Crippen molar-refractivity contribution in [3.05, 3.63) is 55.6 Å². The molecule has 2 heterocycles. The molecule has 4 nitrogen and oxygen atoms in total. The molecule has 0 saturated carbocycles. The molecule has 0 amide bonds. The summed E-state index contributed by atoms with van der Waals surface area (Å²) >= 11 is 8.69. The Kier molecular flexibility index (Phi) is 5.55. The van der Waals surface area contributed by atoms with Crippen molar-refractivity contribution in [2.45, 2.75) is 38.9 Å². The molecule has 2 aromatic heterocycles. The maximum atomic E-state index is 13.0. The van der Waals surface area contributed by atoms with E-state index in [1.54, 1.807) is 28.8 Å². The number of thiophene rings is 1. The Hall–Kier alpha value is -1.63. The Morgan fingerprint density at radius 3 is 2.54 bits per heavy atom. The van der Waals surface area contributed by atoms with Crippen molar-refractivity contribution < 1.29 is 4.79 Å². The SMILES string of the molecule is Cc1sc2nc(SCC(=O)c3ccc(Cl)cc3)n(C(C)C)c(=O)c2c1C. The third kappa shape index (κ3) is 3.59. The van der Waals surface area contributed by atoms with Crippen molar-refractivity contribution in [3.63, 3.8) is 0 Å². The maximum Gasteiger partial charge on any atom is 0.263 e. The number of aromatic nitrogens is 2. The van der Waals surface area contributed by atoms with Gasteiger partial charge in [-0.25, -0.2) is 4.98 Å². The minimum absolute atomic E-state index is 0.0186. The average Bonchev–Trinajstić information content (AvgIpc) is 2.87. The summed E-state index contributed by atoms with van der Waals surface area (Å²) in [6, 6.07) is 6.79. The number of nitrogens with zero attached hydrogens (tertiary/aromatic N) is 2. The Bertz CT molecular complexity index is 1040. The second-order valence-electron chi connectivity index (χ2n) is 6.35. The van der Waals surface area contributed by atoms with Gasteiger partial charge in [0, 0.05) is 21.5 Å². The molecule has 0 radical (unpaired) electrons. The quantitative estimate of drug-likeness (QED) is 0.328. The predicted octanol–water partition coefficient (Wildman–Crippen LogP) is 5.28. The number of aryl methyl sites for hydroxylation is 2.